The standard InChI is InChI=1S/C111H218O6/c1-7-13-19-25-31-37-43-49-55-61-67-73-79-85-91-97-109(98-92-86-80-74-68-62-56-50-44-38-32-26-20-14-8-2)112-103-105(114-109)107-108(117-111(116-107,101-95-89-83-77-71-65-59-53-47-41-35-29-23-17-11-5)102-96-90-84-78-72-66-60-54-48-42-36-30-24-18-12-6)106-104-113-110(115-106,99-93-87-81-75-69-63-57-51-45-39-33-27-21-15-9-3)100-94-88-82-76-70-64-58-52-46-40-34-28-22-16-10-4/h105-108H,7-104H2,1-6H3/t105-,106+,107-,108-/m1/s1. The van der Waals surface area contributed by atoms with Crippen molar-refractivity contribution in [2.75, 3.05) is 13.2 Å². The molecule has 3 rings (SSSR count). The second-order valence-corrected chi connectivity index (χ2v) is 40.0. The zero-order valence-electron chi connectivity index (χ0n) is 81.6. The van der Waals surface area contributed by atoms with E-state index in [0.29, 0.717) is 13.2 Å². The maximum absolute atomic E-state index is 7.94. The molecule has 0 bridgehead atoms. The van der Waals surface area contributed by atoms with Gasteiger partial charge in [0.05, 0.1) is 13.2 Å². The van der Waals surface area contributed by atoms with Gasteiger partial charge in [-0.25, -0.2) is 0 Å². The van der Waals surface area contributed by atoms with Gasteiger partial charge >= 0.3 is 0 Å². The van der Waals surface area contributed by atoms with E-state index in [-0.39, 0.29) is 24.4 Å². The fraction of sp³-hybridized carbons (Fsp3) is 1.00. The summed E-state index contributed by atoms with van der Waals surface area (Å²) >= 11 is 0. The third-order valence-electron chi connectivity index (χ3n) is 28.5. The minimum atomic E-state index is -0.642. The smallest absolute Gasteiger partial charge is 0.169 e. The molecule has 0 N–H and O–H groups in total. The molecule has 117 heavy (non-hydrogen) atoms. The number of hydrogen-bond acceptors (Lipinski definition) is 6. The van der Waals surface area contributed by atoms with Crippen LogP contribution in [0.15, 0.2) is 0 Å². The summed E-state index contributed by atoms with van der Waals surface area (Å²) < 4.78 is 46.1. The predicted octanol–water partition coefficient (Wildman–Crippen LogP) is 39.3. The van der Waals surface area contributed by atoms with Crippen molar-refractivity contribution in [3.05, 3.63) is 0 Å². The van der Waals surface area contributed by atoms with Crippen molar-refractivity contribution < 1.29 is 28.4 Å². The van der Waals surface area contributed by atoms with E-state index in [0.717, 1.165) is 51.4 Å². The molecule has 4 atom stereocenters. The zero-order valence-corrected chi connectivity index (χ0v) is 81.6. The second kappa shape index (κ2) is 85.2. The maximum Gasteiger partial charge on any atom is 0.169 e. The molecule has 0 unspecified atom stereocenters. The summed E-state index contributed by atoms with van der Waals surface area (Å²) in [6.45, 7) is 15.2. The van der Waals surface area contributed by atoms with Crippen LogP contribution in [0.5, 0.6) is 0 Å². The van der Waals surface area contributed by atoms with Gasteiger partial charge < -0.3 is 28.4 Å². The van der Waals surface area contributed by atoms with Gasteiger partial charge in [0.15, 0.2) is 17.4 Å². The first-order valence-corrected chi connectivity index (χ1v) is 55.9. The summed E-state index contributed by atoms with van der Waals surface area (Å²) in [5.41, 5.74) is 0. The van der Waals surface area contributed by atoms with Crippen LogP contribution >= 0.6 is 0 Å². The second-order valence-electron chi connectivity index (χ2n) is 40.0. The summed E-state index contributed by atoms with van der Waals surface area (Å²) in [4.78, 5) is 0. The summed E-state index contributed by atoms with van der Waals surface area (Å²) in [6.07, 6.45) is 130. The Morgan fingerprint density at radius 3 is 0.376 bits per heavy atom. The Balaban J connectivity index is 1.87. The van der Waals surface area contributed by atoms with E-state index >= 15 is 0 Å². The van der Waals surface area contributed by atoms with Crippen LogP contribution in [0.1, 0.15) is 658 Å². The SMILES string of the molecule is CCCCCCCCCCCCCCCCCC1(CCCCCCCCCCCCCCCCC)O[C@H]([C@@H]2COC(CCCCCCCCCCCCCCCCC)(CCCCCCCCCCCCCCCCC)O2)[C@@H]([C@H]2COC(CCCCCCCCCCCCCCCCC)(CCCCCCCCCCCCCCCCC)O2)O1. The molecule has 0 aliphatic carbocycles. The van der Waals surface area contributed by atoms with Gasteiger partial charge in [-0.15, -0.1) is 0 Å². The number of hydrogen-bond donors (Lipinski definition) is 0. The predicted molar refractivity (Wildman–Crippen MR) is 517 cm³/mol. The molecule has 0 saturated carbocycles. The Labute approximate surface area is 737 Å². The Bertz CT molecular complexity index is 1720. The van der Waals surface area contributed by atoms with Crippen LogP contribution in [0.2, 0.25) is 0 Å². The molecule has 0 aromatic rings. The van der Waals surface area contributed by atoms with E-state index in [1.165, 1.54) is 565 Å². The number of unbranched alkanes of at least 4 members (excludes halogenated alkanes) is 84. The fourth-order valence-electron chi connectivity index (χ4n) is 20.4. The minimum absolute atomic E-state index is 0.184. The van der Waals surface area contributed by atoms with Gasteiger partial charge in [-0.1, -0.05) is 581 Å². The van der Waals surface area contributed by atoms with Gasteiger partial charge in [-0.05, 0) is 38.5 Å². The van der Waals surface area contributed by atoms with Crippen LogP contribution in [0.25, 0.3) is 0 Å². The molecule has 3 saturated heterocycles. The molecule has 0 aromatic heterocycles. The lowest BCUT2D eigenvalue weighted by atomic mass is 9.98. The molecule has 3 heterocycles. The molecule has 3 aliphatic rings. The van der Waals surface area contributed by atoms with Crippen molar-refractivity contribution in [3.8, 4) is 0 Å². The van der Waals surface area contributed by atoms with Crippen LogP contribution in [0, 0.1) is 0 Å². The van der Waals surface area contributed by atoms with Gasteiger partial charge in [0.25, 0.3) is 0 Å². The zero-order chi connectivity index (χ0) is 83.3. The Kier molecular flexibility index (Phi) is 80.8. The van der Waals surface area contributed by atoms with Crippen LogP contribution in [0.3, 0.4) is 0 Å². The lowest BCUT2D eigenvalue weighted by Crippen LogP contribution is -2.46. The van der Waals surface area contributed by atoms with Gasteiger partial charge in [0.1, 0.15) is 24.4 Å². The molecule has 0 spiro atoms. The van der Waals surface area contributed by atoms with Gasteiger partial charge in [-0.3, -0.25) is 0 Å². The summed E-state index contributed by atoms with van der Waals surface area (Å²) in [5.74, 6) is -1.76. The molecule has 0 amide bonds. The van der Waals surface area contributed by atoms with Crippen molar-refractivity contribution >= 4 is 0 Å². The van der Waals surface area contributed by atoms with Crippen LogP contribution < -0.4 is 0 Å². The summed E-state index contributed by atoms with van der Waals surface area (Å²) in [6, 6.07) is 0. The fourth-order valence-corrected chi connectivity index (χ4v) is 20.4. The maximum atomic E-state index is 7.94. The monoisotopic (exact) mass is 1650 g/mol. The third-order valence-corrected chi connectivity index (χ3v) is 28.5. The molecule has 3 fully saturated rings. The van der Waals surface area contributed by atoms with Crippen molar-refractivity contribution in [2.24, 2.45) is 0 Å². The summed E-state index contributed by atoms with van der Waals surface area (Å²) in [7, 11) is 0. The molecule has 6 heteroatoms. The Morgan fingerprint density at radius 1 is 0.137 bits per heavy atom. The molecule has 0 radical (unpaired) electrons. The van der Waals surface area contributed by atoms with E-state index < -0.39 is 17.4 Å². The topological polar surface area (TPSA) is 55.4 Å². The van der Waals surface area contributed by atoms with E-state index in [9.17, 15) is 0 Å². The van der Waals surface area contributed by atoms with Crippen LogP contribution in [-0.4, -0.2) is 55.0 Å². The normalized spacial score (nSPS) is 17.8. The van der Waals surface area contributed by atoms with E-state index in [1.807, 2.05) is 0 Å². The third kappa shape index (κ3) is 65.0. The van der Waals surface area contributed by atoms with Gasteiger partial charge in [0.2, 0.25) is 0 Å². The van der Waals surface area contributed by atoms with Gasteiger partial charge in [0, 0.05) is 38.5 Å². The molecule has 0 aromatic carbocycles. The summed E-state index contributed by atoms with van der Waals surface area (Å²) in [5, 5.41) is 0. The van der Waals surface area contributed by atoms with Crippen LogP contribution in [0.4, 0.5) is 0 Å². The minimum Gasteiger partial charge on any atom is -0.347 e. The lowest BCUT2D eigenvalue weighted by molar-refractivity contribution is -0.214. The first-order chi connectivity index (χ1) is 57.9. The van der Waals surface area contributed by atoms with Crippen molar-refractivity contribution in [2.45, 2.75) is 700 Å². The van der Waals surface area contributed by atoms with Crippen LogP contribution in [-0.2, 0) is 28.4 Å². The molecule has 698 valence electrons. The molecular formula is C111H218O6. The lowest BCUT2D eigenvalue weighted by Gasteiger charge is -2.32. The Hall–Kier alpha value is -0.240. The molecule has 3 aliphatic heterocycles. The van der Waals surface area contributed by atoms with Crippen molar-refractivity contribution in [1.82, 2.24) is 0 Å². The highest BCUT2D eigenvalue weighted by atomic mass is 16.8. The first kappa shape index (κ1) is 111. The van der Waals surface area contributed by atoms with Gasteiger partial charge in [-0.2, -0.15) is 0 Å². The first-order valence-electron chi connectivity index (χ1n) is 55.9. The van der Waals surface area contributed by atoms with E-state index in [2.05, 4.69) is 41.5 Å². The van der Waals surface area contributed by atoms with E-state index in [1.54, 1.807) is 0 Å². The largest absolute Gasteiger partial charge is 0.347 e. The average Bonchev–Trinajstić information content (AvgIpc) is 1.60. The van der Waals surface area contributed by atoms with Crippen molar-refractivity contribution in [1.29, 1.82) is 0 Å². The average molecular weight is 1650 g/mol. The highest BCUT2D eigenvalue weighted by molar-refractivity contribution is 5.00. The highest BCUT2D eigenvalue weighted by Gasteiger charge is 2.59. The quantitative estimate of drug-likeness (QED) is 0.0566. The molecule has 6 nitrogen and oxygen atoms in total. The molecular weight excluding hydrogens is 1430 g/mol. The van der Waals surface area contributed by atoms with E-state index in [4.69, 9.17) is 28.4 Å². The number of ether oxygens (including phenoxy) is 6. The number of rotatable bonds is 98. The van der Waals surface area contributed by atoms with Crippen molar-refractivity contribution in [3.63, 3.8) is 0 Å². The Morgan fingerprint density at radius 2 is 0.248 bits per heavy atom. The highest BCUT2D eigenvalue weighted by Crippen LogP contribution is 2.48.